The molecule has 1 aromatic rings. The molecule has 2 N–H and O–H groups in total. The van der Waals surface area contributed by atoms with Gasteiger partial charge in [-0.3, -0.25) is 0 Å². The molecule has 1 saturated carbocycles. The largest absolute Gasteiger partial charge is 0.330 e. The van der Waals surface area contributed by atoms with Gasteiger partial charge >= 0.3 is 0 Å². The maximum atomic E-state index is 6.34. The van der Waals surface area contributed by atoms with Crippen molar-refractivity contribution in [1.29, 1.82) is 0 Å². The molecule has 2 atom stereocenters. The maximum Gasteiger partial charge on any atom is 0.0951 e. The van der Waals surface area contributed by atoms with Gasteiger partial charge in [0.1, 0.15) is 0 Å². The van der Waals surface area contributed by atoms with Gasteiger partial charge in [0.15, 0.2) is 0 Å². The van der Waals surface area contributed by atoms with E-state index in [9.17, 15) is 0 Å². The van der Waals surface area contributed by atoms with Crippen LogP contribution in [-0.4, -0.2) is 9.55 Å². The summed E-state index contributed by atoms with van der Waals surface area (Å²) in [6.45, 7) is 9.17. The molecule has 1 aliphatic carbocycles. The number of imidazole rings is 1. The molecule has 2 unspecified atom stereocenters. The van der Waals surface area contributed by atoms with E-state index in [1.54, 1.807) is 0 Å². The smallest absolute Gasteiger partial charge is 0.0951 e. The fourth-order valence-corrected chi connectivity index (χ4v) is 3.32. The number of hydrogen-bond acceptors (Lipinski definition) is 2. The molecule has 18 heavy (non-hydrogen) atoms. The van der Waals surface area contributed by atoms with Gasteiger partial charge in [0, 0.05) is 18.3 Å². The molecular weight excluding hydrogens is 222 g/mol. The van der Waals surface area contributed by atoms with E-state index < -0.39 is 0 Å². The van der Waals surface area contributed by atoms with Crippen molar-refractivity contribution < 1.29 is 0 Å². The first-order valence-corrected chi connectivity index (χ1v) is 7.19. The molecule has 3 heteroatoms. The van der Waals surface area contributed by atoms with Gasteiger partial charge in [-0.25, -0.2) is 4.98 Å². The molecule has 2 rings (SSSR count). The molecule has 102 valence electrons. The topological polar surface area (TPSA) is 43.8 Å². The molecule has 0 bridgehead atoms. The monoisotopic (exact) mass is 249 g/mol. The van der Waals surface area contributed by atoms with Crippen molar-refractivity contribution in [3.05, 3.63) is 18.2 Å². The summed E-state index contributed by atoms with van der Waals surface area (Å²) in [4.78, 5) is 4.34. The zero-order valence-corrected chi connectivity index (χ0v) is 12.2. The predicted octanol–water partition coefficient (Wildman–Crippen LogP) is 3.68. The fraction of sp³-hybridized carbons (Fsp3) is 0.800. The molecule has 1 fully saturated rings. The Morgan fingerprint density at radius 2 is 2.22 bits per heavy atom. The summed E-state index contributed by atoms with van der Waals surface area (Å²) in [5.41, 5.74) is 7.92. The van der Waals surface area contributed by atoms with Crippen LogP contribution in [0.15, 0.2) is 12.5 Å². The van der Waals surface area contributed by atoms with Crippen LogP contribution in [-0.2, 0) is 0 Å². The standard InChI is InChI=1S/C15H27N3/c1-11(2)8-12(16)13-9-17-10-18(13)14-6-5-7-15(14,3)4/h9-12,14H,5-8,16H2,1-4H3. The summed E-state index contributed by atoms with van der Waals surface area (Å²) in [5.74, 6) is 0.625. The molecule has 0 amide bonds. The number of nitrogens with zero attached hydrogens (tertiary/aromatic N) is 2. The molecule has 3 nitrogen and oxygen atoms in total. The van der Waals surface area contributed by atoms with Crippen LogP contribution < -0.4 is 5.73 Å². The molecule has 0 saturated heterocycles. The van der Waals surface area contributed by atoms with Crippen molar-refractivity contribution in [3.8, 4) is 0 Å². The summed E-state index contributed by atoms with van der Waals surface area (Å²) < 4.78 is 2.35. The van der Waals surface area contributed by atoms with Crippen molar-refractivity contribution in [2.45, 2.75) is 65.5 Å². The predicted molar refractivity (Wildman–Crippen MR) is 75.3 cm³/mol. The summed E-state index contributed by atoms with van der Waals surface area (Å²) in [5, 5.41) is 0. The van der Waals surface area contributed by atoms with Gasteiger partial charge in [-0.05, 0) is 30.6 Å². The minimum atomic E-state index is 0.115. The van der Waals surface area contributed by atoms with Gasteiger partial charge in [0.25, 0.3) is 0 Å². The summed E-state index contributed by atoms with van der Waals surface area (Å²) >= 11 is 0. The van der Waals surface area contributed by atoms with Gasteiger partial charge in [-0.2, -0.15) is 0 Å². The first-order chi connectivity index (χ1) is 8.42. The van der Waals surface area contributed by atoms with E-state index in [0.29, 0.717) is 17.4 Å². The van der Waals surface area contributed by atoms with Gasteiger partial charge in [0.2, 0.25) is 0 Å². The molecular formula is C15H27N3. The second-order valence-corrected chi connectivity index (χ2v) is 6.86. The lowest BCUT2D eigenvalue weighted by atomic mass is 9.87. The van der Waals surface area contributed by atoms with E-state index in [-0.39, 0.29) is 6.04 Å². The summed E-state index contributed by atoms with van der Waals surface area (Å²) in [6.07, 6.45) is 8.84. The number of hydrogen-bond donors (Lipinski definition) is 1. The molecule has 0 radical (unpaired) electrons. The van der Waals surface area contributed by atoms with Gasteiger partial charge < -0.3 is 10.3 Å². The lowest BCUT2D eigenvalue weighted by molar-refractivity contribution is 0.252. The Morgan fingerprint density at radius 3 is 2.78 bits per heavy atom. The highest BCUT2D eigenvalue weighted by Gasteiger charge is 2.36. The van der Waals surface area contributed by atoms with Crippen molar-refractivity contribution >= 4 is 0 Å². The highest BCUT2D eigenvalue weighted by atomic mass is 15.1. The molecule has 1 aromatic heterocycles. The summed E-state index contributed by atoms with van der Waals surface area (Å²) in [7, 11) is 0. The minimum Gasteiger partial charge on any atom is -0.330 e. The van der Waals surface area contributed by atoms with Gasteiger partial charge in [-0.15, -0.1) is 0 Å². The molecule has 0 aliphatic heterocycles. The quantitative estimate of drug-likeness (QED) is 0.884. The first kappa shape index (κ1) is 13.6. The van der Waals surface area contributed by atoms with Crippen molar-refractivity contribution in [2.24, 2.45) is 17.1 Å². The number of nitrogens with two attached hydrogens (primary N) is 1. The Kier molecular flexibility index (Phi) is 3.81. The maximum absolute atomic E-state index is 6.34. The highest BCUT2D eigenvalue weighted by molar-refractivity contribution is 5.08. The zero-order chi connectivity index (χ0) is 13.3. The second-order valence-electron chi connectivity index (χ2n) is 6.86. The fourth-order valence-electron chi connectivity index (χ4n) is 3.32. The van der Waals surface area contributed by atoms with Crippen LogP contribution in [0.5, 0.6) is 0 Å². The van der Waals surface area contributed by atoms with Crippen LogP contribution in [0.25, 0.3) is 0 Å². The molecule has 1 heterocycles. The van der Waals surface area contributed by atoms with Crippen LogP contribution in [0.1, 0.15) is 71.2 Å². The lowest BCUT2D eigenvalue weighted by Crippen LogP contribution is -2.25. The van der Waals surface area contributed by atoms with Gasteiger partial charge in [0.05, 0.1) is 12.0 Å². The van der Waals surface area contributed by atoms with E-state index >= 15 is 0 Å². The van der Waals surface area contributed by atoms with Crippen LogP contribution in [0, 0.1) is 11.3 Å². The second kappa shape index (κ2) is 5.04. The Morgan fingerprint density at radius 1 is 1.50 bits per heavy atom. The third-order valence-electron chi connectivity index (χ3n) is 4.34. The lowest BCUT2D eigenvalue weighted by Gasteiger charge is -2.30. The van der Waals surface area contributed by atoms with Crippen molar-refractivity contribution in [3.63, 3.8) is 0 Å². The third kappa shape index (κ3) is 2.61. The third-order valence-corrected chi connectivity index (χ3v) is 4.34. The first-order valence-electron chi connectivity index (χ1n) is 7.19. The average Bonchev–Trinajstić information content (AvgIpc) is 2.81. The van der Waals surface area contributed by atoms with Crippen molar-refractivity contribution in [1.82, 2.24) is 9.55 Å². The van der Waals surface area contributed by atoms with Crippen LogP contribution >= 0.6 is 0 Å². The van der Waals surface area contributed by atoms with E-state index in [4.69, 9.17) is 5.73 Å². The Bertz CT molecular complexity index is 392. The van der Waals surface area contributed by atoms with E-state index in [1.165, 1.54) is 25.0 Å². The SMILES string of the molecule is CC(C)CC(N)c1cncn1C1CCCC1(C)C. The van der Waals surface area contributed by atoms with E-state index in [2.05, 4.69) is 37.2 Å². The normalized spacial score (nSPS) is 24.7. The van der Waals surface area contributed by atoms with E-state index in [0.717, 1.165) is 6.42 Å². The van der Waals surface area contributed by atoms with Crippen LogP contribution in [0.2, 0.25) is 0 Å². The minimum absolute atomic E-state index is 0.115. The molecule has 0 aromatic carbocycles. The number of aromatic nitrogens is 2. The summed E-state index contributed by atoms with van der Waals surface area (Å²) in [6, 6.07) is 0.678. The highest BCUT2D eigenvalue weighted by Crippen LogP contribution is 2.46. The van der Waals surface area contributed by atoms with Gasteiger partial charge in [-0.1, -0.05) is 34.1 Å². The average molecular weight is 249 g/mol. The molecule has 1 aliphatic rings. The Hall–Kier alpha value is -0.830. The molecule has 0 spiro atoms. The van der Waals surface area contributed by atoms with Crippen molar-refractivity contribution in [2.75, 3.05) is 0 Å². The zero-order valence-electron chi connectivity index (χ0n) is 12.2. The van der Waals surface area contributed by atoms with Crippen LogP contribution in [0.4, 0.5) is 0 Å². The Balaban J connectivity index is 2.22. The van der Waals surface area contributed by atoms with Crippen LogP contribution in [0.3, 0.4) is 0 Å². The van der Waals surface area contributed by atoms with E-state index in [1.807, 2.05) is 12.5 Å². The number of rotatable bonds is 4. The Labute approximate surface area is 111 Å².